The van der Waals surface area contributed by atoms with E-state index in [9.17, 15) is 9.59 Å². The minimum Gasteiger partial charge on any atom is -0.469 e. The third-order valence-corrected chi connectivity index (χ3v) is 2.06. The van der Waals surface area contributed by atoms with Gasteiger partial charge in [-0.25, -0.2) is 0 Å². The Hall–Kier alpha value is -1.54. The van der Waals surface area contributed by atoms with Crippen molar-refractivity contribution in [2.24, 2.45) is 0 Å². The van der Waals surface area contributed by atoms with Crippen LogP contribution < -0.4 is 5.32 Å². The average molecular weight is 226 g/mol. The van der Waals surface area contributed by atoms with E-state index >= 15 is 0 Å². The van der Waals surface area contributed by atoms with Gasteiger partial charge in [0.15, 0.2) is 0 Å². The number of ether oxygens (including phenoxy) is 1. The third-order valence-electron chi connectivity index (χ3n) is 2.06. The van der Waals surface area contributed by atoms with Crippen molar-refractivity contribution in [1.29, 1.82) is 0 Å². The van der Waals surface area contributed by atoms with Crippen LogP contribution in [0.3, 0.4) is 0 Å². The molecular weight excluding hydrogens is 208 g/mol. The third kappa shape index (κ3) is 6.85. The molecule has 0 rings (SSSR count). The van der Waals surface area contributed by atoms with E-state index in [0.717, 1.165) is 0 Å². The maximum atomic E-state index is 11.3. The molecule has 90 valence electrons. The Morgan fingerprint density at radius 3 is 2.69 bits per heavy atom. The van der Waals surface area contributed by atoms with E-state index in [4.69, 9.17) is 6.42 Å². The molecule has 0 aromatic heterocycles. The number of hydrogen-bond acceptors (Lipinski definition) is 4. The number of nitrogens with one attached hydrogen (secondary N) is 1. The highest BCUT2D eigenvalue weighted by molar-refractivity contribution is 5.78. The van der Waals surface area contributed by atoms with Crippen LogP contribution in [0.1, 0.15) is 13.3 Å². The topological polar surface area (TPSA) is 58.6 Å². The molecule has 0 aliphatic heterocycles. The van der Waals surface area contributed by atoms with Crippen LogP contribution in [-0.2, 0) is 14.3 Å². The molecule has 1 N–H and O–H groups in total. The van der Waals surface area contributed by atoms with Crippen LogP contribution >= 0.6 is 0 Å². The molecule has 0 bridgehead atoms. The molecule has 16 heavy (non-hydrogen) atoms. The maximum absolute atomic E-state index is 11.3. The van der Waals surface area contributed by atoms with Gasteiger partial charge in [-0.15, -0.1) is 6.42 Å². The Bertz CT molecular complexity index is 271. The number of likely N-dealkylation sites (N-methyl/N-ethyl adjacent to an activating group) is 1. The molecule has 0 saturated heterocycles. The summed E-state index contributed by atoms with van der Waals surface area (Å²) in [6.45, 7) is 3.60. The van der Waals surface area contributed by atoms with Crippen LogP contribution in [0, 0.1) is 12.3 Å². The van der Waals surface area contributed by atoms with E-state index < -0.39 is 0 Å². The van der Waals surface area contributed by atoms with Crippen LogP contribution in [-0.4, -0.2) is 50.1 Å². The van der Waals surface area contributed by atoms with Gasteiger partial charge < -0.3 is 10.1 Å². The molecule has 0 heterocycles. The zero-order valence-electron chi connectivity index (χ0n) is 9.78. The quantitative estimate of drug-likeness (QED) is 0.475. The largest absolute Gasteiger partial charge is 0.469 e. The average Bonchev–Trinajstić information content (AvgIpc) is 2.31. The minimum absolute atomic E-state index is 0.135. The Labute approximate surface area is 96.1 Å². The molecule has 0 fully saturated rings. The van der Waals surface area contributed by atoms with E-state index in [-0.39, 0.29) is 31.4 Å². The molecule has 0 aromatic carbocycles. The fourth-order valence-electron chi connectivity index (χ4n) is 1.11. The lowest BCUT2D eigenvalue weighted by Gasteiger charge is -2.18. The second kappa shape index (κ2) is 8.74. The fourth-order valence-corrected chi connectivity index (χ4v) is 1.11. The van der Waals surface area contributed by atoms with Gasteiger partial charge >= 0.3 is 5.97 Å². The van der Waals surface area contributed by atoms with Crippen molar-refractivity contribution in [1.82, 2.24) is 10.2 Å². The molecule has 0 aliphatic rings. The molecule has 0 unspecified atom stereocenters. The number of rotatable bonds is 7. The zero-order valence-corrected chi connectivity index (χ0v) is 9.78. The summed E-state index contributed by atoms with van der Waals surface area (Å²) in [4.78, 5) is 24.1. The Kier molecular flexibility index (Phi) is 7.90. The van der Waals surface area contributed by atoms with Crippen molar-refractivity contribution in [3.63, 3.8) is 0 Å². The van der Waals surface area contributed by atoms with Crippen LogP contribution in [0.4, 0.5) is 0 Å². The van der Waals surface area contributed by atoms with Crippen LogP contribution in [0.25, 0.3) is 0 Å². The van der Waals surface area contributed by atoms with Crippen molar-refractivity contribution >= 4 is 11.9 Å². The van der Waals surface area contributed by atoms with Gasteiger partial charge in [-0.2, -0.15) is 0 Å². The lowest BCUT2D eigenvalue weighted by atomic mass is 10.3. The highest BCUT2D eigenvalue weighted by atomic mass is 16.5. The Morgan fingerprint density at radius 2 is 2.19 bits per heavy atom. The fraction of sp³-hybridized carbons (Fsp3) is 0.636. The summed E-state index contributed by atoms with van der Waals surface area (Å²) in [5.41, 5.74) is 0. The highest BCUT2D eigenvalue weighted by Crippen LogP contribution is 1.92. The van der Waals surface area contributed by atoms with Gasteiger partial charge in [0.25, 0.3) is 0 Å². The van der Waals surface area contributed by atoms with Crippen molar-refractivity contribution in [3.8, 4) is 12.3 Å². The summed E-state index contributed by atoms with van der Waals surface area (Å²) in [5.74, 6) is 1.91. The number of nitrogens with zero attached hydrogens (tertiary/aromatic N) is 1. The minimum atomic E-state index is -0.275. The molecule has 0 spiro atoms. The highest BCUT2D eigenvalue weighted by Gasteiger charge is 2.10. The van der Waals surface area contributed by atoms with E-state index in [1.54, 1.807) is 0 Å². The molecule has 5 nitrogen and oxygen atoms in total. The van der Waals surface area contributed by atoms with Gasteiger partial charge in [0.05, 0.1) is 26.6 Å². The molecule has 5 heteroatoms. The monoisotopic (exact) mass is 226 g/mol. The number of terminal acetylenes is 1. The first-order chi connectivity index (χ1) is 7.63. The number of esters is 1. The first-order valence-electron chi connectivity index (χ1n) is 5.13. The Balaban J connectivity index is 3.87. The molecule has 0 saturated carbocycles. The lowest BCUT2D eigenvalue weighted by molar-refractivity contribution is -0.141. The van der Waals surface area contributed by atoms with Crippen LogP contribution in [0.5, 0.6) is 0 Å². The smallest absolute Gasteiger partial charge is 0.306 e. The predicted octanol–water partition coefficient (Wildman–Crippen LogP) is -0.379. The van der Waals surface area contributed by atoms with E-state index in [0.29, 0.717) is 13.1 Å². The molecule has 1 amide bonds. The second-order valence-corrected chi connectivity index (χ2v) is 3.18. The van der Waals surface area contributed by atoms with Crippen LogP contribution in [0.15, 0.2) is 0 Å². The Morgan fingerprint density at radius 1 is 1.50 bits per heavy atom. The number of amides is 1. The number of carbonyl (C=O) groups is 2. The second-order valence-electron chi connectivity index (χ2n) is 3.18. The normalized spacial score (nSPS) is 9.62. The SMILES string of the molecule is C#CCNC(=O)CN(CC)CCC(=O)OC. The summed E-state index contributed by atoms with van der Waals surface area (Å²) in [6.07, 6.45) is 5.30. The zero-order chi connectivity index (χ0) is 12.4. The summed E-state index contributed by atoms with van der Waals surface area (Å²) < 4.78 is 4.52. The first kappa shape index (κ1) is 14.5. The molecule has 0 radical (unpaired) electrons. The van der Waals surface area contributed by atoms with Crippen LogP contribution in [0.2, 0.25) is 0 Å². The van der Waals surface area contributed by atoms with E-state index in [1.807, 2.05) is 11.8 Å². The molecule has 0 aromatic rings. The lowest BCUT2D eigenvalue weighted by Crippen LogP contribution is -2.38. The molecule has 0 atom stereocenters. The van der Waals surface area contributed by atoms with Crippen molar-refractivity contribution < 1.29 is 14.3 Å². The summed E-state index contributed by atoms with van der Waals surface area (Å²) in [5, 5.41) is 2.57. The summed E-state index contributed by atoms with van der Waals surface area (Å²) in [7, 11) is 1.35. The standard InChI is InChI=1S/C11H18N2O3/c1-4-7-12-10(14)9-13(5-2)8-6-11(15)16-3/h1H,5-9H2,2-3H3,(H,12,14). The van der Waals surface area contributed by atoms with Crippen molar-refractivity contribution in [2.75, 3.05) is 33.3 Å². The molecule has 0 aliphatic carbocycles. The van der Waals surface area contributed by atoms with Gasteiger partial charge in [0.1, 0.15) is 0 Å². The number of methoxy groups -OCH3 is 1. The van der Waals surface area contributed by atoms with E-state index in [1.165, 1.54) is 7.11 Å². The first-order valence-corrected chi connectivity index (χ1v) is 5.13. The van der Waals surface area contributed by atoms with Crippen molar-refractivity contribution in [2.45, 2.75) is 13.3 Å². The van der Waals surface area contributed by atoms with E-state index in [2.05, 4.69) is 16.0 Å². The maximum Gasteiger partial charge on any atom is 0.306 e. The van der Waals surface area contributed by atoms with Crippen molar-refractivity contribution in [3.05, 3.63) is 0 Å². The number of hydrogen-bond donors (Lipinski definition) is 1. The van der Waals surface area contributed by atoms with Gasteiger partial charge in [-0.1, -0.05) is 12.8 Å². The number of carbonyl (C=O) groups excluding carboxylic acids is 2. The predicted molar refractivity (Wildman–Crippen MR) is 60.6 cm³/mol. The van der Waals surface area contributed by atoms with Gasteiger partial charge in [0, 0.05) is 6.54 Å². The summed E-state index contributed by atoms with van der Waals surface area (Å²) in [6, 6.07) is 0. The molecular formula is C11H18N2O3. The van der Waals surface area contributed by atoms with Gasteiger partial charge in [-0.05, 0) is 6.54 Å². The van der Waals surface area contributed by atoms with Gasteiger partial charge in [-0.3, -0.25) is 14.5 Å². The van der Waals surface area contributed by atoms with Gasteiger partial charge in [0.2, 0.25) is 5.91 Å². The summed E-state index contributed by atoms with van der Waals surface area (Å²) >= 11 is 0.